The monoisotopic (exact) mass is 276 g/mol. The Morgan fingerprint density at radius 2 is 2.16 bits per heavy atom. The molecule has 1 N–H and O–H groups in total. The van der Waals surface area contributed by atoms with E-state index in [4.69, 9.17) is 0 Å². The molecule has 1 aromatic heterocycles. The number of benzene rings is 1. The normalized spacial score (nSPS) is 10.8. The van der Waals surface area contributed by atoms with E-state index in [-0.39, 0.29) is 5.91 Å². The molecule has 0 radical (unpaired) electrons. The van der Waals surface area contributed by atoms with Crippen molar-refractivity contribution in [1.82, 2.24) is 9.88 Å². The van der Waals surface area contributed by atoms with Gasteiger partial charge in [0.1, 0.15) is 6.54 Å². The second-order valence-electron chi connectivity index (χ2n) is 4.50. The predicted molar refractivity (Wildman–Crippen MR) is 82.7 cm³/mol. The van der Waals surface area contributed by atoms with Crippen molar-refractivity contribution >= 4 is 28.6 Å². The zero-order valence-corrected chi connectivity index (χ0v) is 12.3. The number of nitrogens with zero attached hydrogens (tertiary/aromatic N) is 1. The lowest BCUT2D eigenvalue weighted by Crippen LogP contribution is -2.29. The molecule has 102 valence electrons. The summed E-state index contributed by atoms with van der Waals surface area (Å²) in [5.74, 6) is 2.16. The summed E-state index contributed by atoms with van der Waals surface area (Å²) in [6.07, 6.45) is 2.05. The van der Waals surface area contributed by atoms with Crippen molar-refractivity contribution in [1.29, 1.82) is 0 Å². The quantitative estimate of drug-likeness (QED) is 0.823. The van der Waals surface area contributed by atoms with Gasteiger partial charge in [-0.25, -0.2) is 0 Å². The van der Waals surface area contributed by atoms with Crippen molar-refractivity contribution in [2.45, 2.75) is 20.4 Å². The fraction of sp³-hybridized carbons (Fsp3) is 0.400. The van der Waals surface area contributed by atoms with Crippen molar-refractivity contribution in [3.05, 3.63) is 36.0 Å². The molecular formula is C15H20N2OS. The Morgan fingerprint density at radius 1 is 1.37 bits per heavy atom. The van der Waals surface area contributed by atoms with Gasteiger partial charge in [0.05, 0.1) is 0 Å². The molecule has 1 heterocycles. The summed E-state index contributed by atoms with van der Waals surface area (Å²) in [4.78, 5) is 11.9. The lowest BCUT2D eigenvalue weighted by atomic mass is 10.2. The highest BCUT2D eigenvalue weighted by Gasteiger charge is 2.07. The maximum Gasteiger partial charge on any atom is 0.239 e. The molecule has 4 heteroatoms. The zero-order chi connectivity index (χ0) is 13.7. The lowest BCUT2D eigenvalue weighted by Gasteiger charge is -2.07. The molecule has 0 fully saturated rings. The molecule has 0 spiro atoms. The van der Waals surface area contributed by atoms with Gasteiger partial charge in [-0.15, -0.1) is 0 Å². The molecule has 0 unspecified atom stereocenters. The van der Waals surface area contributed by atoms with Crippen LogP contribution in [0.4, 0.5) is 0 Å². The SMILES string of the molecule is CCSCCNC(=O)Cn1cc(C)c2ccccc21. The average molecular weight is 276 g/mol. The molecule has 1 aromatic carbocycles. The molecule has 0 aliphatic rings. The molecule has 0 saturated carbocycles. The van der Waals surface area contributed by atoms with Crippen LogP contribution in [0.15, 0.2) is 30.5 Å². The predicted octanol–water partition coefficient (Wildman–Crippen LogP) is 2.82. The van der Waals surface area contributed by atoms with Crippen LogP contribution >= 0.6 is 11.8 Å². The van der Waals surface area contributed by atoms with E-state index in [1.165, 1.54) is 10.9 Å². The van der Waals surface area contributed by atoms with E-state index >= 15 is 0 Å². The fourth-order valence-corrected chi connectivity index (χ4v) is 2.71. The first-order valence-electron chi connectivity index (χ1n) is 6.61. The number of aromatic nitrogens is 1. The molecule has 3 nitrogen and oxygen atoms in total. The third-order valence-electron chi connectivity index (χ3n) is 3.07. The minimum Gasteiger partial charge on any atom is -0.354 e. The highest BCUT2D eigenvalue weighted by molar-refractivity contribution is 7.99. The van der Waals surface area contributed by atoms with E-state index in [0.29, 0.717) is 6.54 Å². The van der Waals surface area contributed by atoms with Crippen molar-refractivity contribution in [2.24, 2.45) is 0 Å². The van der Waals surface area contributed by atoms with Gasteiger partial charge in [0.2, 0.25) is 5.91 Å². The van der Waals surface area contributed by atoms with Gasteiger partial charge in [-0.2, -0.15) is 11.8 Å². The van der Waals surface area contributed by atoms with Crippen LogP contribution in [-0.4, -0.2) is 28.5 Å². The summed E-state index contributed by atoms with van der Waals surface area (Å²) in [7, 11) is 0. The fourth-order valence-electron chi connectivity index (χ4n) is 2.18. The number of para-hydroxylation sites is 1. The van der Waals surface area contributed by atoms with Gasteiger partial charge in [0.25, 0.3) is 0 Å². The number of amides is 1. The zero-order valence-electron chi connectivity index (χ0n) is 11.5. The number of carbonyl (C=O) groups excluding carboxylic acids is 1. The van der Waals surface area contributed by atoms with Crippen molar-refractivity contribution in [2.75, 3.05) is 18.1 Å². The van der Waals surface area contributed by atoms with Crippen LogP contribution in [0.3, 0.4) is 0 Å². The average Bonchev–Trinajstić information content (AvgIpc) is 2.72. The minimum absolute atomic E-state index is 0.0810. The number of hydrogen-bond acceptors (Lipinski definition) is 2. The Hall–Kier alpha value is -1.42. The van der Waals surface area contributed by atoms with Crippen molar-refractivity contribution in [3.63, 3.8) is 0 Å². The maximum absolute atomic E-state index is 11.9. The van der Waals surface area contributed by atoms with Crippen LogP contribution in [0.25, 0.3) is 10.9 Å². The summed E-state index contributed by atoms with van der Waals surface area (Å²) in [5, 5.41) is 4.18. The second-order valence-corrected chi connectivity index (χ2v) is 5.90. The molecule has 0 saturated heterocycles. The van der Waals surface area contributed by atoms with E-state index in [2.05, 4.69) is 31.3 Å². The molecular weight excluding hydrogens is 256 g/mol. The molecule has 19 heavy (non-hydrogen) atoms. The van der Waals surface area contributed by atoms with Crippen LogP contribution in [-0.2, 0) is 11.3 Å². The number of carbonyl (C=O) groups is 1. The minimum atomic E-state index is 0.0810. The highest BCUT2D eigenvalue weighted by atomic mass is 32.2. The number of nitrogens with one attached hydrogen (secondary N) is 1. The van der Waals surface area contributed by atoms with Gasteiger partial charge in [-0.05, 0) is 24.3 Å². The second kappa shape index (κ2) is 6.66. The number of rotatable bonds is 6. The van der Waals surface area contributed by atoms with Crippen LogP contribution in [0, 0.1) is 6.92 Å². The summed E-state index contributed by atoms with van der Waals surface area (Å²) in [6, 6.07) is 8.19. The van der Waals surface area contributed by atoms with Crippen LogP contribution < -0.4 is 5.32 Å². The first-order valence-corrected chi connectivity index (χ1v) is 7.76. The van der Waals surface area contributed by atoms with E-state index < -0.39 is 0 Å². The molecule has 0 aliphatic carbocycles. The standard InChI is InChI=1S/C15H20N2OS/c1-3-19-9-8-16-15(18)11-17-10-12(2)13-6-4-5-7-14(13)17/h4-7,10H,3,8-9,11H2,1-2H3,(H,16,18). The summed E-state index contributed by atoms with van der Waals surface area (Å²) >= 11 is 1.84. The third kappa shape index (κ3) is 3.53. The Kier molecular flexibility index (Phi) is 4.91. The van der Waals surface area contributed by atoms with Gasteiger partial charge >= 0.3 is 0 Å². The van der Waals surface area contributed by atoms with Crippen molar-refractivity contribution in [3.8, 4) is 0 Å². The van der Waals surface area contributed by atoms with Gasteiger partial charge in [-0.3, -0.25) is 4.79 Å². The summed E-state index contributed by atoms with van der Waals surface area (Å²) in [5.41, 5.74) is 2.34. The Morgan fingerprint density at radius 3 is 2.95 bits per heavy atom. The molecule has 2 rings (SSSR count). The number of aryl methyl sites for hydroxylation is 1. The maximum atomic E-state index is 11.9. The number of thioether (sulfide) groups is 1. The Labute approximate surface area is 118 Å². The summed E-state index contributed by atoms with van der Waals surface area (Å²) in [6.45, 7) is 5.34. The first kappa shape index (κ1) is 14.0. The third-order valence-corrected chi connectivity index (χ3v) is 3.98. The van der Waals surface area contributed by atoms with Gasteiger partial charge < -0.3 is 9.88 Å². The Balaban J connectivity index is 1.99. The molecule has 0 bridgehead atoms. The van der Waals surface area contributed by atoms with Crippen LogP contribution in [0.5, 0.6) is 0 Å². The molecule has 2 aromatic rings. The van der Waals surface area contributed by atoms with Crippen LogP contribution in [0.1, 0.15) is 12.5 Å². The van der Waals surface area contributed by atoms with Gasteiger partial charge in [0.15, 0.2) is 0 Å². The van der Waals surface area contributed by atoms with Crippen molar-refractivity contribution < 1.29 is 4.79 Å². The number of hydrogen-bond donors (Lipinski definition) is 1. The highest BCUT2D eigenvalue weighted by Crippen LogP contribution is 2.19. The molecule has 0 atom stereocenters. The van der Waals surface area contributed by atoms with E-state index in [9.17, 15) is 4.79 Å². The molecule has 1 amide bonds. The molecule has 0 aliphatic heterocycles. The smallest absolute Gasteiger partial charge is 0.239 e. The first-order chi connectivity index (χ1) is 9.22. The lowest BCUT2D eigenvalue weighted by molar-refractivity contribution is -0.121. The summed E-state index contributed by atoms with van der Waals surface area (Å²) < 4.78 is 2.02. The van der Waals surface area contributed by atoms with E-state index in [1.807, 2.05) is 34.7 Å². The topological polar surface area (TPSA) is 34.0 Å². The van der Waals surface area contributed by atoms with Crippen LogP contribution in [0.2, 0.25) is 0 Å². The van der Waals surface area contributed by atoms with E-state index in [1.54, 1.807) is 0 Å². The Bertz CT molecular complexity index is 562. The van der Waals surface area contributed by atoms with E-state index in [0.717, 1.165) is 23.6 Å². The van der Waals surface area contributed by atoms with Gasteiger partial charge in [-0.1, -0.05) is 25.1 Å². The van der Waals surface area contributed by atoms with Gasteiger partial charge in [0, 0.05) is 29.4 Å². The number of fused-ring (bicyclic) bond motifs is 1. The largest absolute Gasteiger partial charge is 0.354 e.